The second-order valence-corrected chi connectivity index (χ2v) is 16.3. The molecule has 0 amide bonds. The molecule has 0 radical (unpaired) electrons. The fourth-order valence-electron chi connectivity index (χ4n) is 6.35. The van der Waals surface area contributed by atoms with Crippen molar-refractivity contribution >= 4 is 25.9 Å². The molecule has 2 rings (SSSR count). The SMILES string of the molecule is CCCCCCCCCCCCc1ccc(S(=O)(=O)[O-])c(CCCCCCCCCCCC)c1C(C)C.Nc1ccc(S(=O)(=O)[O-])cc1.[O]=[Ti+2]. The van der Waals surface area contributed by atoms with Crippen LogP contribution in [-0.4, -0.2) is 25.9 Å². The van der Waals surface area contributed by atoms with Gasteiger partial charge in [-0.3, -0.25) is 0 Å². The molecule has 0 heterocycles. The van der Waals surface area contributed by atoms with Crippen molar-refractivity contribution in [1.29, 1.82) is 0 Å². The number of rotatable bonds is 25. The third-order valence-electron chi connectivity index (χ3n) is 9.00. The maximum atomic E-state index is 12.1. The summed E-state index contributed by atoms with van der Waals surface area (Å²) < 4.78 is 75.6. The van der Waals surface area contributed by atoms with E-state index in [1.54, 1.807) is 6.07 Å². The monoisotopic (exact) mass is 771 g/mol. The van der Waals surface area contributed by atoms with E-state index in [0.717, 1.165) is 57.2 Å². The number of hydrogen-bond donors (Lipinski definition) is 1. The van der Waals surface area contributed by atoms with E-state index in [1.165, 1.54) is 139 Å². The molecule has 11 heteroatoms. The van der Waals surface area contributed by atoms with Crippen LogP contribution in [0, 0.1) is 0 Å². The van der Waals surface area contributed by atoms with Crippen LogP contribution in [0.5, 0.6) is 0 Å². The van der Waals surface area contributed by atoms with Gasteiger partial charge in [-0.1, -0.05) is 149 Å². The molecule has 2 aromatic rings. The summed E-state index contributed by atoms with van der Waals surface area (Å²) in [5.74, 6) is 0.220. The Morgan fingerprint density at radius 3 is 1.30 bits per heavy atom. The van der Waals surface area contributed by atoms with E-state index < -0.39 is 20.2 Å². The summed E-state index contributed by atoms with van der Waals surface area (Å²) in [7, 11) is -8.79. The molecule has 284 valence electrons. The third-order valence-corrected chi connectivity index (χ3v) is 10.8. The van der Waals surface area contributed by atoms with Gasteiger partial charge in [0, 0.05) is 5.69 Å². The van der Waals surface area contributed by atoms with Crippen molar-refractivity contribution in [2.45, 2.75) is 185 Å². The molecule has 8 nitrogen and oxygen atoms in total. The molecule has 0 bridgehead atoms. The van der Waals surface area contributed by atoms with Gasteiger partial charge in [0.05, 0.1) is 9.79 Å². The predicted octanol–water partition coefficient (Wildman–Crippen LogP) is 10.7. The molecule has 0 aliphatic rings. The van der Waals surface area contributed by atoms with Crippen LogP contribution in [0.2, 0.25) is 0 Å². The van der Waals surface area contributed by atoms with Gasteiger partial charge in [0.25, 0.3) is 0 Å². The molecule has 0 aliphatic heterocycles. The quantitative estimate of drug-likeness (QED) is 0.0452. The zero-order valence-electron chi connectivity index (χ0n) is 31.3. The topological polar surface area (TPSA) is 157 Å². The van der Waals surface area contributed by atoms with Gasteiger partial charge in [-0.15, -0.1) is 0 Å². The molecular weight excluding hydrogens is 706 g/mol. The van der Waals surface area contributed by atoms with Gasteiger partial charge in [-0.2, -0.15) is 0 Å². The summed E-state index contributed by atoms with van der Waals surface area (Å²) in [5.41, 5.74) is 8.90. The van der Waals surface area contributed by atoms with E-state index >= 15 is 0 Å². The predicted molar refractivity (Wildman–Crippen MR) is 199 cm³/mol. The van der Waals surface area contributed by atoms with E-state index in [9.17, 15) is 25.9 Å². The molecule has 2 N–H and O–H groups in total. The Kier molecular flexibility index (Phi) is 28.2. The van der Waals surface area contributed by atoms with Crippen molar-refractivity contribution in [2.75, 3.05) is 5.73 Å². The van der Waals surface area contributed by atoms with Crippen molar-refractivity contribution in [3.8, 4) is 0 Å². The van der Waals surface area contributed by atoms with Crippen molar-refractivity contribution < 1.29 is 49.7 Å². The van der Waals surface area contributed by atoms with Crippen LogP contribution in [-0.2, 0) is 56.8 Å². The zero-order chi connectivity index (χ0) is 37.8. The van der Waals surface area contributed by atoms with Crippen LogP contribution in [0.25, 0.3) is 0 Å². The van der Waals surface area contributed by atoms with Gasteiger partial charge < -0.3 is 14.8 Å². The standard InChI is InChI=1S/C33H60O3S.C6H7NO3S.O.Ti/c1-5-7-9-11-13-15-17-19-21-23-25-30-27-28-32(37(34,35)36)31(33(30)29(3)4)26-24-22-20-18-16-14-12-10-8-6-2;7-5-1-3-6(4-2-5)11(8,9)10;;/h27-29H,5-26H2,1-4H3,(H,34,35,36);1-4H,7H2,(H,8,9,10);;/q;;;+2/p-2. The van der Waals surface area contributed by atoms with Gasteiger partial charge in [0.2, 0.25) is 0 Å². The first-order valence-electron chi connectivity index (χ1n) is 18.9. The number of nitrogen functional groups attached to an aromatic ring is 1. The number of benzene rings is 2. The first-order valence-corrected chi connectivity index (χ1v) is 22.4. The summed E-state index contributed by atoms with van der Waals surface area (Å²) in [5, 5.41) is 0. The van der Waals surface area contributed by atoms with Crippen molar-refractivity contribution in [3.05, 3.63) is 53.1 Å². The second kappa shape index (κ2) is 29.1. The van der Waals surface area contributed by atoms with Gasteiger partial charge in [-0.05, 0) is 78.6 Å². The van der Waals surface area contributed by atoms with Crippen molar-refractivity contribution in [3.63, 3.8) is 0 Å². The number of anilines is 1. The molecule has 0 atom stereocenters. The number of aryl methyl sites for hydroxylation is 1. The number of hydrogen-bond acceptors (Lipinski definition) is 8. The van der Waals surface area contributed by atoms with Crippen LogP contribution in [0.15, 0.2) is 46.2 Å². The van der Waals surface area contributed by atoms with E-state index in [0.29, 0.717) is 12.1 Å². The molecule has 0 aromatic heterocycles. The van der Waals surface area contributed by atoms with Gasteiger partial charge in [0.1, 0.15) is 20.2 Å². The summed E-state index contributed by atoms with van der Waals surface area (Å²) in [4.78, 5) is -0.231. The Morgan fingerprint density at radius 1 is 0.560 bits per heavy atom. The summed E-state index contributed by atoms with van der Waals surface area (Å²) >= 11 is 0.750. The van der Waals surface area contributed by atoms with Gasteiger partial charge >= 0.3 is 23.7 Å². The molecular formula is C39H65NO7S2Ti. The van der Waals surface area contributed by atoms with E-state index in [-0.39, 0.29) is 15.7 Å². The molecule has 0 spiro atoms. The number of unbranched alkanes of at least 4 members (excludes halogenated alkanes) is 18. The molecule has 0 aliphatic carbocycles. The number of nitrogens with two attached hydrogens (primary N) is 1. The van der Waals surface area contributed by atoms with Crippen LogP contribution in [0.1, 0.15) is 179 Å². The van der Waals surface area contributed by atoms with Crippen LogP contribution in [0.4, 0.5) is 5.69 Å². The maximum absolute atomic E-state index is 12.1. The minimum atomic E-state index is -4.46. The summed E-state index contributed by atoms with van der Waals surface area (Å²) in [6.07, 6.45) is 27.3. The van der Waals surface area contributed by atoms with Crippen molar-refractivity contribution in [2.24, 2.45) is 0 Å². The molecule has 0 unspecified atom stereocenters. The van der Waals surface area contributed by atoms with Crippen molar-refractivity contribution in [1.82, 2.24) is 0 Å². The van der Waals surface area contributed by atoms with Gasteiger partial charge in [-0.25, -0.2) is 16.8 Å². The third kappa shape index (κ3) is 22.5. The normalized spacial score (nSPS) is 11.5. The Labute approximate surface area is 317 Å². The van der Waals surface area contributed by atoms with Crippen LogP contribution >= 0.6 is 0 Å². The molecule has 0 saturated heterocycles. The van der Waals surface area contributed by atoms with E-state index in [2.05, 4.69) is 27.7 Å². The molecule has 0 saturated carbocycles. The molecule has 2 aromatic carbocycles. The van der Waals surface area contributed by atoms with E-state index in [4.69, 9.17) is 9.06 Å². The van der Waals surface area contributed by atoms with Gasteiger partial charge in [0.15, 0.2) is 0 Å². The summed E-state index contributed by atoms with van der Waals surface area (Å²) in [6.45, 7) is 8.79. The molecule has 0 fully saturated rings. The fourth-order valence-corrected chi connectivity index (χ4v) is 7.57. The summed E-state index contributed by atoms with van der Waals surface area (Å²) in [6, 6.07) is 8.62. The van der Waals surface area contributed by atoms with E-state index in [1.807, 2.05) is 6.07 Å². The first-order chi connectivity index (χ1) is 23.8. The zero-order valence-corrected chi connectivity index (χ0v) is 34.5. The second-order valence-electron chi connectivity index (χ2n) is 13.6. The first kappa shape index (κ1) is 48.6. The Morgan fingerprint density at radius 2 is 0.940 bits per heavy atom. The Hall–Kier alpha value is -1.43. The van der Waals surface area contributed by atoms with Crippen LogP contribution < -0.4 is 5.73 Å². The Balaban J connectivity index is 0.00000154. The Bertz CT molecular complexity index is 1370. The van der Waals surface area contributed by atoms with Crippen LogP contribution in [0.3, 0.4) is 0 Å². The average Bonchev–Trinajstić information content (AvgIpc) is 3.06. The minimum absolute atomic E-state index is 0.0268. The molecule has 50 heavy (non-hydrogen) atoms. The fraction of sp³-hybridized carbons (Fsp3) is 0.692. The average molecular weight is 772 g/mol.